The Morgan fingerprint density at radius 2 is 1.16 bits per heavy atom. The number of rotatable bonds is 18. The third kappa shape index (κ3) is 12.6. The van der Waals surface area contributed by atoms with Gasteiger partial charge < -0.3 is 135 Å². The molecule has 3 amide bonds. The van der Waals surface area contributed by atoms with E-state index in [4.69, 9.17) is 42.6 Å². The molecule has 5 heterocycles. The predicted octanol–water partition coefficient (Wildman–Crippen LogP) is -11.3. The Labute approximate surface area is 397 Å². The zero-order valence-corrected chi connectivity index (χ0v) is 38.0. The summed E-state index contributed by atoms with van der Waals surface area (Å²) < 4.78 is 51.6. The molecule has 0 aromatic rings. The molecule has 404 valence electrons. The predicted molar refractivity (Wildman–Crippen MR) is 217 cm³/mol. The van der Waals surface area contributed by atoms with Crippen LogP contribution in [0.2, 0.25) is 0 Å². The lowest BCUT2D eigenvalue weighted by Gasteiger charge is -2.50. The van der Waals surface area contributed by atoms with Crippen molar-refractivity contribution in [3.8, 4) is 0 Å². The minimum atomic E-state index is -2.96. The van der Waals surface area contributed by atoms with Gasteiger partial charge in [-0.15, -0.1) is 0 Å². The third-order valence-corrected chi connectivity index (χ3v) is 12.5. The third-order valence-electron chi connectivity index (χ3n) is 12.5. The summed E-state index contributed by atoms with van der Waals surface area (Å²) in [5, 5.41) is 167. The molecule has 5 rings (SSSR count). The van der Waals surface area contributed by atoms with Crippen molar-refractivity contribution >= 4 is 23.7 Å². The van der Waals surface area contributed by atoms with E-state index in [2.05, 4.69) is 16.0 Å². The van der Waals surface area contributed by atoms with Crippen molar-refractivity contribution in [2.45, 2.75) is 193 Å². The topological polar surface area (TPSA) is 491 Å². The second kappa shape index (κ2) is 24.3. The highest BCUT2D eigenvalue weighted by Crippen LogP contribution is 2.37. The van der Waals surface area contributed by atoms with E-state index in [-0.39, 0.29) is 0 Å². The van der Waals surface area contributed by atoms with Gasteiger partial charge in [-0.25, -0.2) is 4.79 Å². The number of aliphatic carboxylic acids is 1. The maximum atomic E-state index is 12.8. The van der Waals surface area contributed by atoms with E-state index in [0.29, 0.717) is 0 Å². The molecule has 18 N–H and O–H groups in total. The van der Waals surface area contributed by atoms with Crippen LogP contribution in [0.1, 0.15) is 34.1 Å². The Morgan fingerprint density at radius 3 is 1.73 bits per heavy atom. The van der Waals surface area contributed by atoms with Crippen LogP contribution >= 0.6 is 0 Å². The van der Waals surface area contributed by atoms with Crippen LogP contribution < -0.4 is 16.0 Å². The molecule has 0 bridgehead atoms. The minimum Gasteiger partial charge on any atom is -0.477 e. The van der Waals surface area contributed by atoms with Crippen LogP contribution in [0.15, 0.2) is 0 Å². The van der Waals surface area contributed by atoms with Crippen molar-refractivity contribution in [1.82, 2.24) is 16.0 Å². The first-order valence-electron chi connectivity index (χ1n) is 22.1. The molecule has 0 radical (unpaired) electrons. The molecule has 0 aromatic heterocycles. The maximum absolute atomic E-state index is 12.8. The Hall–Kier alpha value is -3.04. The maximum Gasteiger partial charge on any atom is 0.364 e. The minimum absolute atomic E-state index is 0.775. The van der Waals surface area contributed by atoms with Crippen molar-refractivity contribution in [2.75, 3.05) is 26.4 Å². The van der Waals surface area contributed by atoms with Gasteiger partial charge in [0, 0.05) is 27.2 Å². The van der Waals surface area contributed by atoms with Crippen LogP contribution in [-0.4, -0.2) is 286 Å². The summed E-state index contributed by atoms with van der Waals surface area (Å²) in [5.74, 6) is -7.39. The number of amides is 3. The van der Waals surface area contributed by atoms with E-state index >= 15 is 0 Å². The Morgan fingerprint density at radius 1 is 0.600 bits per heavy atom. The second-order valence-electron chi connectivity index (χ2n) is 17.6. The van der Waals surface area contributed by atoms with Gasteiger partial charge in [0.05, 0.1) is 44.7 Å². The normalized spacial score (nSPS) is 45.5. The van der Waals surface area contributed by atoms with Crippen LogP contribution in [0.25, 0.3) is 0 Å². The van der Waals surface area contributed by atoms with E-state index in [1.807, 2.05) is 0 Å². The molecule has 70 heavy (non-hydrogen) atoms. The first-order chi connectivity index (χ1) is 32.8. The molecule has 0 unspecified atom stereocenters. The van der Waals surface area contributed by atoms with E-state index < -0.39 is 215 Å². The smallest absolute Gasteiger partial charge is 0.364 e. The zero-order chi connectivity index (χ0) is 52.3. The second-order valence-corrected chi connectivity index (χ2v) is 17.6. The fourth-order valence-electron chi connectivity index (χ4n) is 8.76. The summed E-state index contributed by atoms with van der Waals surface area (Å²) >= 11 is 0. The SMILES string of the molecule is CC(=O)N[C@@H]1[C@@H](O[C@@H]2O[C@H](CO)[C@@H](O[C@@H]3O[C@H](CO)[C@H](O)[C@H](O)[C@H]3O[C@@H]3O[C@@H](C)[C@@H](O)[C@@H](O)[C@@H]3O)[C@H](O)[C@H]2NC(C)=O)[C@@H](O)[C@@H](CO[C@]2(C(=O)O)C[C@H](O)[C@@H](NC(C)=O)[C@H]([C@H](O)[C@H](O)CO)O2)O[C@@H]1O. The lowest BCUT2D eigenvalue weighted by atomic mass is 9.88. The lowest BCUT2D eigenvalue weighted by molar-refractivity contribution is -0.386. The molecule has 31 heteroatoms. The number of ether oxygens (including phenoxy) is 9. The number of hydrogen-bond donors (Lipinski definition) is 18. The van der Waals surface area contributed by atoms with Crippen LogP contribution in [0.4, 0.5) is 0 Å². The zero-order valence-electron chi connectivity index (χ0n) is 38.0. The van der Waals surface area contributed by atoms with Crippen LogP contribution in [-0.2, 0) is 61.8 Å². The average molecular weight is 1020 g/mol. The quantitative estimate of drug-likeness (QED) is 0.0606. The Kier molecular flexibility index (Phi) is 20.1. The summed E-state index contributed by atoms with van der Waals surface area (Å²) in [4.78, 5) is 49.8. The average Bonchev–Trinajstić information content (AvgIpc) is 3.30. The largest absolute Gasteiger partial charge is 0.477 e. The fourth-order valence-corrected chi connectivity index (χ4v) is 8.76. The fraction of sp³-hybridized carbons (Fsp3) is 0.897. The van der Waals surface area contributed by atoms with Gasteiger partial charge in [-0.1, -0.05) is 0 Å². The summed E-state index contributed by atoms with van der Waals surface area (Å²) in [5.41, 5.74) is 0. The van der Waals surface area contributed by atoms with Crippen molar-refractivity contribution in [1.29, 1.82) is 0 Å². The summed E-state index contributed by atoms with van der Waals surface area (Å²) in [7, 11) is 0. The molecular formula is C39H65N3O28. The van der Waals surface area contributed by atoms with E-state index in [0.717, 1.165) is 20.8 Å². The van der Waals surface area contributed by atoms with Gasteiger partial charge in [-0.3, -0.25) is 14.4 Å². The Balaban J connectivity index is 1.42. The number of carbonyl (C=O) groups is 4. The van der Waals surface area contributed by atoms with Gasteiger partial charge in [0.2, 0.25) is 17.7 Å². The van der Waals surface area contributed by atoms with Crippen LogP contribution in [0.5, 0.6) is 0 Å². The van der Waals surface area contributed by atoms with Crippen LogP contribution in [0.3, 0.4) is 0 Å². The monoisotopic (exact) mass is 1020 g/mol. The number of hydrogen-bond acceptors (Lipinski definition) is 27. The van der Waals surface area contributed by atoms with Crippen molar-refractivity contribution in [3.63, 3.8) is 0 Å². The molecule has 5 aliphatic heterocycles. The highest BCUT2D eigenvalue weighted by Gasteiger charge is 2.59. The van der Waals surface area contributed by atoms with Crippen molar-refractivity contribution in [3.05, 3.63) is 0 Å². The van der Waals surface area contributed by atoms with Gasteiger partial charge in [-0.2, -0.15) is 0 Å². The molecular weight excluding hydrogens is 958 g/mol. The van der Waals surface area contributed by atoms with E-state index in [9.17, 15) is 95.8 Å². The first kappa shape index (κ1) is 57.9. The van der Waals surface area contributed by atoms with Gasteiger partial charge in [0.1, 0.15) is 110 Å². The molecule has 0 aromatic carbocycles. The molecule has 0 spiro atoms. The summed E-state index contributed by atoms with van der Waals surface area (Å²) in [6, 6.07) is -5.13. The van der Waals surface area contributed by atoms with Crippen LogP contribution in [0, 0.1) is 0 Å². The van der Waals surface area contributed by atoms with Gasteiger partial charge in [-0.05, 0) is 6.92 Å². The molecule has 31 nitrogen and oxygen atoms in total. The van der Waals surface area contributed by atoms with E-state index in [1.54, 1.807) is 0 Å². The summed E-state index contributed by atoms with van der Waals surface area (Å²) in [6.07, 6.45) is -42.5. The first-order valence-corrected chi connectivity index (χ1v) is 22.1. The molecule has 0 aliphatic carbocycles. The number of aliphatic hydroxyl groups excluding tert-OH is 14. The number of aliphatic hydroxyl groups is 14. The number of nitrogens with one attached hydrogen (secondary N) is 3. The van der Waals surface area contributed by atoms with Gasteiger partial charge >= 0.3 is 5.97 Å². The molecule has 5 saturated heterocycles. The summed E-state index contributed by atoms with van der Waals surface area (Å²) in [6.45, 7) is 0.178. The number of carboxylic acid groups (broad SMARTS) is 1. The highest BCUT2D eigenvalue weighted by molar-refractivity contribution is 5.77. The molecule has 26 atom stereocenters. The van der Waals surface area contributed by atoms with Crippen molar-refractivity contribution in [2.24, 2.45) is 0 Å². The van der Waals surface area contributed by atoms with E-state index in [1.165, 1.54) is 6.92 Å². The Bertz CT molecular complexity index is 1760. The lowest BCUT2D eigenvalue weighted by Crippen LogP contribution is -2.71. The van der Waals surface area contributed by atoms with Gasteiger partial charge in [0.25, 0.3) is 5.79 Å². The molecule has 0 saturated carbocycles. The number of carboxylic acids is 1. The van der Waals surface area contributed by atoms with Gasteiger partial charge in [0.15, 0.2) is 25.2 Å². The molecule has 5 fully saturated rings. The molecule has 5 aliphatic rings. The number of carbonyl (C=O) groups excluding carboxylic acids is 3. The highest BCUT2D eigenvalue weighted by atomic mass is 16.8. The van der Waals surface area contributed by atoms with Crippen molar-refractivity contribution < 1.29 is 138 Å². The standard InChI is InChI=1S/C39H65N3O28/c1-10-22(51)27(56)29(58)36(63-10)69-33-28(57)24(53)16(7-44)65-37(33)67-30-17(8-45)66-35(20(26(30)55)41-12(3)47)68-31-21(42-13(4)48)34(59)64-18(25(31)54)9-62-39(38(60)61)5-14(49)19(40-11(2)46)32(70-39)23(52)15(50)6-43/h10,14-37,43-45,49-59H,5-9H2,1-4H3,(H,40,46)(H,41,47)(H,42,48)(H,60,61)/t10-,14-,15+,16+,17+,18+,19+,20+,21+,22+,23+,24-,25-,26+,27+,28-,29-,30+,31+,32+,33+,34-,35-,36-,37-,39+/m0/s1.